The molecule has 114 valence electrons. The molecule has 1 saturated carbocycles. The van der Waals surface area contributed by atoms with E-state index in [1.165, 1.54) is 25.7 Å². The summed E-state index contributed by atoms with van der Waals surface area (Å²) in [5.41, 5.74) is 0. The summed E-state index contributed by atoms with van der Waals surface area (Å²) in [6.45, 7) is 1.67. The zero-order valence-corrected chi connectivity index (χ0v) is 12.4. The van der Waals surface area contributed by atoms with Gasteiger partial charge in [-0.15, -0.1) is 0 Å². The minimum absolute atomic E-state index is 0.257. The molecule has 4 heteroatoms. The second-order valence-corrected chi connectivity index (χ2v) is 6.39. The summed E-state index contributed by atoms with van der Waals surface area (Å²) in [4.78, 5) is 25.1. The van der Waals surface area contributed by atoms with Crippen LogP contribution in [0.4, 0.5) is 0 Å². The van der Waals surface area contributed by atoms with Gasteiger partial charge in [0, 0.05) is 25.4 Å². The Bertz CT molecular complexity index is 327. The van der Waals surface area contributed by atoms with Crippen LogP contribution in [0.15, 0.2) is 0 Å². The van der Waals surface area contributed by atoms with Crippen LogP contribution >= 0.6 is 0 Å². The molecule has 0 bridgehead atoms. The van der Waals surface area contributed by atoms with Crippen LogP contribution in [0.1, 0.15) is 64.2 Å². The van der Waals surface area contributed by atoms with Crippen LogP contribution < -0.4 is 0 Å². The van der Waals surface area contributed by atoms with Crippen molar-refractivity contribution in [3.63, 3.8) is 0 Å². The molecule has 0 atom stereocenters. The van der Waals surface area contributed by atoms with Crippen molar-refractivity contribution in [2.45, 2.75) is 64.2 Å². The third kappa shape index (κ3) is 4.50. The lowest BCUT2D eigenvalue weighted by Crippen LogP contribution is -2.41. The molecular weight excluding hydrogens is 254 g/mol. The van der Waals surface area contributed by atoms with Gasteiger partial charge in [0.05, 0.1) is 0 Å². The highest BCUT2D eigenvalue weighted by Crippen LogP contribution is 2.28. The first kappa shape index (κ1) is 15.3. The van der Waals surface area contributed by atoms with Crippen LogP contribution in [0, 0.1) is 11.8 Å². The molecule has 1 aliphatic heterocycles. The highest BCUT2D eigenvalue weighted by Gasteiger charge is 2.28. The van der Waals surface area contributed by atoms with Crippen LogP contribution in [-0.2, 0) is 9.59 Å². The molecule has 1 amide bonds. The van der Waals surface area contributed by atoms with E-state index in [-0.39, 0.29) is 12.3 Å². The van der Waals surface area contributed by atoms with Crippen LogP contribution in [0.5, 0.6) is 0 Å². The van der Waals surface area contributed by atoms with Gasteiger partial charge in [-0.25, -0.2) is 0 Å². The fourth-order valence-electron chi connectivity index (χ4n) is 3.55. The summed E-state index contributed by atoms with van der Waals surface area (Å²) in [6, 6.07) is 0. The van der Waals surface area contributed by atoms with E-state index >= 15 is 0 Å². The molecule has 1 heterocycles. The molecule has 0 aromatic heterocycles. The molecule has 20 heavy (non-hydrogen) atoms. The van der Waals surface area contributed by atoms with Gasteiger partial charge in [-0.05, 0) is 38.0 Å². The number of carbonyl (C=O) groups excluding carboxylic acids is 1. The maximum absolute atomic E-state index is 12.5. The monoisotopic (exact) mass is 281 g/mol. The SMILES string of the molecule is O=C(O)CCC1CCN(C(=O)C2CCCCCC2)CC1. The Morgan fingerprint density at radius 1 is 0.950 bits per heavy atom. The molecule has 0 spiro atoms. The van der Waals surface area contributed by atoms with E-state index < -0.39 is 5.97 Å². The summed E-state index contributed by atoms with van der Waals surface area (Å²) < 4.78 is 0. The molecule has 2 aliphatic rings. The summed E-state index contributed by atoms with van der Waals surface area (Å²) in [5, 5.41) is 8.72. The molecule has 1 aliphatic carbocycles. The number of piperidine rings is 1. The number of rotatable bonds is 4. The zero-order valence-electron chi connectivity index (χ0n) is 12.4. The van der Waals surface area contributed by atoms with E-state index in [1.54, 1.807) is 0 Å². The Hall–Kier alpha value is -1.06. The maximum atomic E-state index is 12.5. The number of hydrogen-bond acceptors (Lipinski definition) is 2. The topological polar surface area (TPSA) is 57.6 Å². The Morgan fingerprint density at radius 2 is 1.55 bits per heavy atom. The number of amides is 1. The number of likely N-dealkylation sites (tertiary alicyclic amines) is 1. The number of aliphatic carboxylic acids is 1. The van der Waals surface area contributed by atoms with E-state index in [0.29, 0.717) is 11.8 Å². The Labute approximate surface area is 121 Å². The smallest absolute Gasteiger partial charge is 0.303 e. The zero-order chi connectivity index (χ0) is 14.4. The standard InChI is InChI=1S/C16H27NO3/c18-15(19)8-7-13-9-11-17(12-10-13)16(20)14-5-3-1-2-4-6-14/h13-14H,1-12H2,(H,18,19). The average Bonchev–Trinajstić information content (AvgIpc) is 2.74. The van der Waals surface area contributed by atoms with E-state index in [1.807, 2.05) is 4.90 Å². The molecule has 1 N–H and O–H groups in total. The number of nitrogens with zero attached hydrogens (tertiary/aromatic N) is 1. The van der Waals surface area contributed by atoms with Crippen molar-refractivity contribution in [3.05, 3.63) is 0 Å². The maximum Gasteiger partial charge on any atom is 0.303 e. The minimum atomic E-state index is -0.707. The molecule has 0 aromatic rings. The first-order valence-electron chi connectivity index (χ1n) is 8.17. The van der Waals surface area contributed by atoms with Crippen molar-refractivity contribution in [1.29, 1.82) is 0 Å². The van der Waals surface area contributed by atoms with Gasteiger partial charge >= 0.3 is 5.97 Å². The van der Waals surface area contributed by atoms with Crippen LogP contribution in [0.2, 0.25) is 0 Å². The highest BCUT2D eigenvalue weighted by molar-refractivity contribution is 5.79. The Morgan fingerprint density at radius 3 is 2.10 bits per heavy atom. The second-order valence-electron chi connectivity index (χ2n) is 6.39. The summed E-state index contributed by atoms with van der Waals surface area (Å²) in [6.07, 6.45) is 10.1. The van der Waals surface area contributed by atoms with Gasteiger partial charge in [-0.2, -0.15) is 0 Å². The first-order valence-corrected chi connectivity index (χ1v) is 8.17. The fourth-order valence-corrected chi connectivity index (χ4v) is 3.55. The quantitative estimate of drug-likeness (QED) is 0.806. The van der Waals surface area contributed by atoms with Crippen molar-refractivity contribution in [2.75, 3.05) is 13.1 Å². The van der Waals surface area contributed by atoms with Crippen molar-refractivity contribution in [1.82, 2.24) is 4.90 Å². The molecule has 0 aromatic carbocycles. The second kappa shape index (κ2) is 7.65. The molecule has 1 saturated heterocycles. The lowest BCUT2D eigenvalue weighted by Gasteiger charge is -2.34. The van der Waals surface area contributed by atoms with Crippen molar-refractivity contribution >= 4 is 11.9 Å². The van der Waals surface area contributed by atoms with Crippen molar-refractivity contribution in [2.24, 2.45) is 11.8 Å². The summed E-state index contributed by atoms with van der Waals surface area (Å²) >= 11 is 0. The van der Waals surface area contributed by atoms with Gasteiger partial charge in [0.2, 0.25) is 5.91 Å². The minimum Gasteiger partial charge on any atom is -0.481 e. The number of carbonyl (C=O) groups is 2. The van der Waals surface area contributed by atoms with Crippen molar-refractivity contribution < 1.29 is 14.7 Å². The molecule has 0 unspecified atom stereocenters. The third-order valence-electron chi connectivity index (χ3n) is 4.90. The third-order valence-corrected chi connectivity index (χ3v) is 4.90. The van der Waals surface area contributed by atoms with Crippen LogP contribution in [-0.4, -0.2) is 35.0 Å². The number of carboxylic acid groups (broad SMARTS) is 1. The van der Waals surface area contributed by atoms with Gasteiger partial charge in [0.1, 0.15) is 0 Å². The van der Waals surface area contributed by atoms with Gasteiger partial charge in [0.15, 0.2) is 0 Å². The molecule has 4 nitrogen and oxygen atoms in total. The summed E-state index contributed by atoms with van der Waals surface area (Å²) in [5.74, 6) is 0.405. The van der Waals surface area contributed by atoms with Crippen LogP contribution in [0.25, 0.3) is 0 Å². The van der Waals surface area contributed by atoms with E-state index in [4.69, 9.17) is 5.11 Å². The lowest BCUT2D eigenvalue weighted by atomic mass is 9.90. The molecule has 2 fully saturated rings. The lowest BCUT2D eigenvalue weighted by molar-refractivity contribution is -0.139. The van der Waals surface area contributed by atoms with Gasteiger partial charge in [-0.1, -0.05) is 25.7 Å². The largest absolute Gasteiger partial charge is 0.481 e. The normalized spacial score (nSPS) is 22.5. The van der Waals surface area contributed by atoms with Gasteiger partial charge < -0.3 is 10.0 Å². The van der Waals surface area contributed by atoms with Crippen LogP contribution in [0.3, 0.4) is 0 Å². The summed E-state index contributed by atoms with van der Waals surface area (Å²) in [7, 11) is 0. The number of hydrogen-bond donors (Lipinski definition) is 1. The first-order chi connectivity index (χ1) is 9.66. The van der Waals surface area contributed by atoms with E-state index in [9.17, 15) is 9.59 Å². The Balaban J connectivity index is 1.74. The predicted molar refractivity (Wildman–Crippen MR) is 77.4 cm³/mol. The molecule has 2 rings (SSSR count). The van der Waals surface area contributed by atoms with Gasteiger partial charge in [-0.3, -0.25) is 9.59 Å². The number of carboxylic acids is 1. The average molecular weight is 281 g/mol. The van der Waals surface area contributed by atoms with E-state index in [2.05, 4.69) is 0 Å². The fraction of sp³-hybridized carbons (Fsp3) is 0.875. The predicted octanol–water partition coefficient (Wildman–Crippen LogP) is 3.06. The van der Waals surface area contributed by atoms with Gasteiger partial charge in [0.25, 0.3) is 0 Å². The molecular formula is C16H27NO3. The Kier molecular flexibility index (Phi) is 5.86. The molecule has 0 radical (unpaired) electrons. The van der Waals surface area contributed by atoms with Crippen molar-refractivity contribution in [3.8, 4) is 0 Å². The van der Waals surface area contributed by atoms with E-state index in [0.717, 1.165) is 45.2 Å². The highest BCUT2D eigenvalue weighted by atomic mass is 16.4.